The van der Waals surface area contributed by atoms with Crippen LogP contribution in [0.25, 0.3) is 10.9 Å². The lowest BCUT2D eigenvalue weighted by molar-refractivity contribution is 0.451. The van der Waals surface area contributed by atoms with Gasteiger partial charge in [-0.15, -0.1) is 0 Å². The van der Waals surface area contributed by atoms with Crippen molar-refractivity contribution in [3.63, 3.8) is 0 Å². The third-order valence-corrected chi connectivity index (χ3v) is 5.32. The van der Waals surface area contributed by atoms with Crippen molar-refractivity contribution in [2.75, 3.05) is 0 Å². The Morgan fingerprint density at radius 1 is 0.769 bits per heavy atom. The molecule has 0 saturated carbocycles. The van der Waals surface area contributed by atoms with Crippen LogP contribution in [0.3, 0.4) is 0 Å². The molecule has 1 aliphatic rings. The quantitative estimate of drug-likeness (QED) is 0.386. The Labute approximate surface area is 153 Å². The van der Waals surface area contributed by atoms with Gasteiger partial charge in [-0.3, -0.25) is 0 Å². The Kier molecular flexibility index (Phi) is 3.39. The lowest BCUT2D eigenvalue weighted by atomic mass is 9.82. The highest BCUT2D eigenvalue weighted by atomic mass is 16.5. The van der Waals surface area contributed by atoms with E-state index in [0.29, 0.717) is 5.92 Å². The lowest BCUT2D eigenvalue weighted by Gasteiger charge is -2.29. The van der Waals surface area contributed by atoms with Crippen molar-refractivity contribution in [1.29, 1.82) is 0 Å². The van der Waals surface area contributed by atoms with Gasteiger partial charge in [0.05, 0.1) is 5.92 Å². The Morgan fingerprint density at radius 2 is 1.35 bits per heavy atom. The molecule has 1 aromatic heterocycles. The maximum atomic E-state index is 6.19. The number of benzene rings is 3. The van der Waals surface area contributed by atoms with Gasteiger partial charge in [-0.25, -0.2) is 0 Å². The van der Waals surface area contributed by atoms with Crippen LogP contribution in [0.1, 0.15) is 48.1 Å². The number of H-pyrrole nitrogens is 1. The number of nitrogens with one attached hydrogen (secondary N) is 1. The van der Waals surface area contributed by atoms with Crippen LogP contribution in [0, 0.1) is 0 Å². The molecule has 0 bridgehead atoms. The first kappa shape index (κ1) is 15.3. The zero-order valence-corrected chi connectivity index (χ0v) is 15.0. The molecule has 5 rings (SSSR count). The summed E-state index contributed by atoms with van der Waals surface area (Å²) in [5.41, 5.74) is 6.33. The minimum absolute atomic E-state index is 0.154. The summed E-state index contributed by atoms with van der Waals surface area (Å²) >= 11 is 0. The molecule has 4 aromatic rings. The average molecular weight is 339 g/mol. The molecular formula is C24H21NO. The summed E-state index contributed by atoms with van der Waals surface area (Å²) < 4.78 is 6.19. The van der Waals surface area contributed by atoms with Crippen LogP contribution >= 0.6 is 0 Å². The van der Waals surface area contributed by atoms with E-state index in [1.54, 1.807) is 0 Å². The van der Waals surface area contributed by atoms with Crippen molar-refractivity contribution in [2.45, 2.75) is 25.7 Å². The molecule has 0 radical (unpaired) electrons. The maximum Gasteiger partial charge on any atom is 0.131 e. The van der Waals surface area contributed by atoms with Crippen molar-refractivity contribution < 1.29 is 4.74 Å². The second-order valence-electron chi connectivity index (χ2n) is 7.26. The normalized spacial score (nSPS) is 13.5. The molecule has 0 amide bonds. The number of rotatable bonds is 2. The van der Waals surface area contributed by atoms with Crippen LogP contribution in [0.5, 0.6) is 11.5 Å². The van der Waals surface area contributed by atoms with Crippen LogP contribution < -0.4 is 4.74 Å². The van der Waals surface area contributed by atoms with Crippen LogP contribution in [-0.2, 0) is 0 Å². The van der Waals surface area contributed by atoms with E-state index < -0.39 is 0 Å². The van der Waals surface area contributed by atoms with Crippen LogP contribution in [0.4, 0.5) is 0 Å². The van der Waals surface area contributed by atoms with Gasteiger partial charge in [0.2, 0.25) is 0 Å². The number of ether oxygens (including phenoxy) is 1. The number of aromatic amines is 1. The zero-order valence-electron chi connectivity index (χ0n) is 15.0. The van der Waals surface area contributed by atoms with E-state index in [4.69, 9.17) is 4.74 Å². The first-order valence-electron chi connectivity index (χ1n) is 9.20. The summed E-state index contributed by atoms with van der Waals surface area (Å²) in [6.07, 6.45) is 0. The standard InChI is InChI=1S/C24H21NO/c1-15(2)22-16-9-3-6-12-19(16)25-24(22)23-17-10-4-7-13-20(17)26-21-14-8-5-11-18(21)23/h3-15,23,25H,1-2H3. The lowest BCUT2D eigenvalue weighted by Crippen LogP contribution is -2.13. The van der Waals surface area contributed by atoms with Crippen molar-refractivity contribution in [3.8, 4) is 11.5 Å². The molecule has 1 N–H and O–H groups in total. The van der Waals surface area contributed by atoms with E-state index in [2.05, 4.69) is 79.5 Å². The predicted molar refractivity (Wildman–Crippen MR) is 106 cm³/mol. The number of aromatic nitrogens is 1. The largest absolute Gasteiger partial charge is 0.457 e. The van der Waals surface area contributed by atoms with Crippen molar-refractivity contribution in [1.82, 2.24) is 4.98 Å². The third kappa shape index (κ3) is 2.19. The van der Waals surface area contributed by atoms with Crippen molar-refractivity contribution in [2.24, 2.45) is 0 Å². The minimum Gasteiger partial charge on any atom is -0.457 e. The fraction of sp³-hybridized carbons (Fsp3) is 0.167. The summed E-state index contributed by atoms with van der Waals surface area (Å²) in [5, 5.41) is 1.32. The van der Waals surface area contributed by atoms with Crippen molar-refractivity contribution >= 4 is 10.9 Å². The molecule has 1 aliphatic heterocycles. The van der Waals surface area contributed by atoms with Gasteiger partial charge in [0.25, 0.3) is 0 Å². The van der Waals surface area contributed by atoms with Gasteiger partial charge in [-0.1, -0.05) is 68.4 Å². The molecule has 0 spiro atoms. The van der Waals surface area contributed by atoms with Gasteiger partial charge < -0.3 is 9.72 Å². The number of para-hydroxylation sites is 3. The minimum atomic E-state index is 0.154. The van der Waals surface area contributed by atoms with E-state index in [-0.39, 0.29) is 5.92 Å². The van der Waals surface area contributed by atoms with E-state index in [0.717, 1.165) is 11.5 Å². The fourth-order valence-corrected chi connectivity index (χ4v) is 4.26. The topological polar surface area (TPSA) is 25.0 Å². The molecule has 0 aliphatic carbocycles. The smallest absolute Gasteiger partial charge is 0.131 e. The van der Waals surface area contributed by atoms with Crippen LogP contribution in [0.15, 0.2) is 72.8 Å². The zero-order chi connectivity index (χ0) is 17.7. The Hall–Kier alpha value is -3.00. The van der Waals surface area contributed by atoms with Gasteiger partial charge in [-0.2, -0.15) is 0 Å². The second-order valence-corrected chi connectivity index (χ2v) is 7.26. The molecule has 2 heterocycles. The summed E-state index contributed by atoms with van der Waals surface area (Å²) in [6.45, 7) is 4.55. The number of fused-ring (bicyclic) bond motifs is 3. The monoisotopic (exact) mass is 339 g/mol. The molecule has 0 saturated heterocycles. The molecule has 128 valence electrons. The van der Waals surface area contributed by atoms with Crippen molar-refractivity contribution in [3.05, 3.63) is 95.2 Å². The van der Waals surface area contributed by atoms with Gasteiger partial charge in [0, 0.05) is 27.7 Å². The fourth-order valence-electron chi connectivity index (χ4n) is 4.26. The number of hydrogen-bond donors (Lipinski definition) is 1. The molecule has 2 nitrogen and oxygen atoms in total. The molecule has 0 unspecified atom stereocenters. The van der Waals surface area contributed by atoms with E-state index in [1.807, 2.05) is 12.1 Å². The van der Waals surface area contributed by atoms with E-state index in [1.165, 1.54) is 33.3 Å². The van der Waals surface area contributed by atoms with Crippen LogP contribution in [0.2, 0.25) is 0 Å². The van der Waals surface area contributed by atoms with Gasteiger partial charge in [-0.05, 0) is 29.7 Å². The van der Waals surface area contributed by atoms with Crippen LogP contribution in [-0.4, -0.2) is 4.98 Å². The highest BCUT2D eigenvalue weighted by Gasteiger charge is 2.32. The molecule has 26 heavy (non-hydrogen) atoms. The average Bonchev–Trinajstić information content (AvgIpc) is 3.05. The van der Waals surface area contributed by atoms with E-state index >= 15 is 0 Å². The number of hydrogen-bond acceptors (Lipinski definition) is 1. The predicted octanol–water partition coefficient (Wildman–Crippen LogP) is 6.58. The second kappa shape index (κ2) is 5.77. The molecular weight excluding hydrogens is 318 g/mol. The first-order valence-corrected chi connectivity index (χ1v) is 9.20. The summed E-state index contributed by atoms with van der Waals surface area (Å²) in [4.78, 5) is 3.74. The Bertz CT molecular complexity index is 1060. The highest BCUT2D eigenvalue weighted by molar-refractivity contribution is 5.86. The molecule has 0 atom stereocenters. The summed E-state index contributed by atoms with van der Waals surface area (Å²) in [6, 6.07) is 25.4. The SMILES string of the molecule is CC(C)c1c(C2c3ccccc3Oc3ccccc32)[nH]c2ccccc12. The van der Waals surface area contributed by atoms with E-state index in [9.17, 15) is 0 Å². The summed E-state index contributed by atoms with van der Waals surface area (Å²) in [5.74, 6) is 2.48. The molecule has 2 heteroatoms. The Morgan fingerprint density at radius 3 is 2.00 bits per heavy atom. The molecule has 0 fully saturated rings. The Balaban J connectivity index is 1.84. The summed E-state index contributed by atoms with van der Waals surface area (Å²) in [7, 11) is 0. The van der Waals surface area contributed by atoms with Gasteiger partial charge in [0.1, 0.15) is 11.5 Å². The van der Waals surface area contributed by atoms with Gasteiger partial charge in [0.15, 0.2) is 0 Å². The molecule has 3 aromatic carbocycles. The highest BCUT2D eigenvalue weighted by Crippen LogP contribution is 2.49. The maximum absolute atomic E-state index is 6.19. The van der Waals surface area contributed by atoms with Gasteiger partial charge >= 0.3 is 0 Å². The first-order chi connectivity index (χ1) is 12.7. The third-order valence-electron chi connectivity index (χ3n) is 5.32.